The van der Waals surface area contributed by atoms with Crippen molar-refractivity contribution in [2.75, 3.05) is 13.7 Å². The van der Waals surface area contributed by atoms with Gasteiger partial charge in [-0.1, -0.05) is 5.11 Å². The van der Waals surface area contributed by atoms with E-state index in [0.717, 1.165) is 0 Å². The second kappa shape index (κ2) is 5.00. The molecule has 8 nitrogen and oxygen atoms in total. The van der Waals surface area contributed by atoms with E-state index in [-0.39, 0.29) is 6.10 Å². The highest BCUT2D eigenvalue weighted by Gasteiger charge is 2.51. The molecule has 2 unspecified atom stereocenters. The van der Waals surface area contributed by atoms with Crippen molar-refractivity contribution < 1.29 is 24.1 Å². The van der Waals surface area contributed by atoms with E-state index in [2.05, 4.69) is 10.0 Å². The first kappa shape index (κ1) is 13.5. The molecule has 8 heteroatoms. The molecule has 2 aliphatic heterocycles. The van der Waals surface area contributed by atoms with Crippen molar-refractivity contribution in [2.45, 2.75) is 50.3 Å². The summed E-state index contributed by atoms with van der Waals surface area (Å²) in [5.74, 6) is -0.687. The summed E-state index contributed by atoms with van der Waals surface area (Å²) in [7, 11) is 1.47. The fourth-order valence-corrected chi connectivity index (χ4v) is 2.31. The Morgan fingerprint density at radius 1 is 1.50 bits per heavy atom. The second-order valence-corrected chi connectivity index (χ2v) is 4.75. The molecule has 0 bridgehead atoms. The number of ether oxygens (including phenoxy) is 4. The van der Waals surface area contributed by atoms with Crippen molar-refractivity contribution >= 4 is 0 Å². The number of rotatable bonds is 3. The topological polar surface area (TPSA) is 106 Å². The van der Waals surface area contributed by atoms with Crippen LogP contribution in [0.3, 0.4) is 0 Å². The average molecular weight is 259 g/mol. The van der Waals surface area contributed by atoms with Crippen molar-refractivity contribution in [1.82, 2.24) is 0 Å². The normalized spacial score (nSPS) is 42.8. The van der Waals surface area contributed by atoms with Crippen LogP contribution in [0.15, 0.2) is 5.11 Å². The van der Waals surface area contributed by atoms with E-state index < -0.39 is 30.3 Å². The Bertz CT molecular complexity index is 357. The summed E-state index contributed by atoms with van der Waals surface area (Å²) in [5, 5.41) is 13.2. The third-order valence-corrected chi connectivity index (χ3v) is 3.10. The molecule has 2 saturated heterocycles. The number of azide groups is 1. The van der Waals surface area contributed by atoms with Crippen LogP contribution in [0.2, 0.25) is 0 Å². The maximum Gasteiger partial charge on any atom is 0.166 e. The fraction of sp³-hybridized carbons (Fsp3) is 1.00. The molecule has 2 heterocycles. The first-order valence-electron chi connectivity index (χ1n) is 5.71. The van der Waals surface area contributed by atoms with Crippen LogP contribution in [0.4, 0.5) is 0 Å². The summed E-state index contributed by atoms with van der Waals surface area (Å²) in [6.45, 7) is 3.93. The van der Waals surface area contributed by atoms with Crippen LogP contribution >= 0.6 is 0 Å². The highest BCUT2D eigenvalue weighted by molar-refractivity contribution is 4.97. The van der Waals surface area contributed by atoms with Crippen molar-refractivity contribution in [3.8, 4) is 0 Å². The minimum absolute atomic E-state index is 0.341. The van der Waals surface area contributed by atoms with Gasteiger partial charge in [0.2, 0.25) is 0 Å². The standard InChI is InChI=1S/C10H17N3O5/c1-10(2)16-4-5(18-10)7-8(15-3)6(12-13-11)9(14)17-7/h5-9,14H,4H2,1-3H3/t5?,6-,7-,8-,9?/m1/s1. The number of hydrogen-bond acceptors (Lipinski definition) is 6. The van der Waals surface area contributed by atoms with Gasteiger partial charge in [0.1, 0.15) is 18.2 Å². The Labute approximate surface area is 104 Å². The SMILES string of the molecule is CO[C@H]1[C@@H](C2COC(C)(C)O2)OC(O)[C@@H]1N=[N+]=[N-]. The van der Waals surface area contributed by atoms with Gasteiger partial charge in [0.15, 0.2) is 12.1 Å². The Morgan fingerprint density at radius 2 is 2.22 bits per heavy atom. The fourth-order valence-electron chi connectivity index (χ4n) is 2.31. The number of nitrogens with zero attached hydrogens (tertiary/aromatic N) is 3. The molecule has 0 aromatic heterocycles. The molecule has 2 fully saturated rings. The molecule has 2 aliphatic rings. The van der Waals surface area contributed by atoms with Gasteiger partial charge in [-0.15, -0.1) is 0 Å². The average Bonchev–Trinajstić information content (AvgIpc) is 2.81. The van der Waals surface area contributed by atoms with E-state index in [1.807, 2.05) is 0 Å². The summed E-state index contributed by atoms with van der Waals surface area (Å²) in [5.41, 5.74) is 8.47. The van der Waals surface area contributed by atoms with Crippen LogP contribution in [0.1, 0.15) is 13.8 Å². The molecule has 5 atom stereocenters. The smallest absolute Gasteiger partial charge is 0.166 e. The van der Waals surface area contributed by atoms with Crippen LogP contribution in [-0.4, -0.2) is 55.3 Å². The molecular weight excluding hydrogens is 242 g/mol. The van der Waals surface area contributed by atoms with Crippen molar-refractivity contribution in [3.63, 3.8) is 0 Å². The van der Waals surface area contributed by atoms with Gasteiger partial charge in [0.25, 0.3) is 0 Å². The number of aliphatic hydroxyl groups excluding tert-OH is 1. The minimum atomic E-state index is -1.19. The lowest BCUT2D eigenvalue weighted by Gasteiger charge is -2.24. The number of hydrogen-bond donors (Lipinski definition) is 1. The Morgan fingerprint density at radius 3 is 2.72 bits per heavy atom. The largest absolute Gasteiger partial charge is 0.378 e. The molecule has 18 heavy (non-hydrogen) atoms. The Hall–Kier alpha value is -0.890. The maximum atomic E-state index is 9.72. The van der Waals surface area contributed by atoms with Crippen molar-refractivity contribution in [1.29, 1.82) is 0 Å². The quantitative estimate of drug-likeness (QED) is 0.452. The molecule has 2 rings (SSSR count). The summed E-state index contributed by atoms with van der Waals surface area (Å²) in [4.78, 5) is 2.69. The molecule has 0 spiro atoms. The lowest BCUT2D eigenvalue weighted by atomic mass is 10.0. The van der Waals surface area contributed by atoms with Gasteiger partial charge in [-0.05, 0) is 19.4 Å². The first-order chi connectivity index (χ1) is 8.48. The third kappa shape index (κ3) is 2.44. The van der Waals surface area contributed by atoms with Crippen LogP contribution in [-0.2, 0) is 18.9 Å². The Kier molecular flexibility index (Phi) is 3.76. The summed E-state index contributed by atoms with van der Waals surface area (Å²) in [6, 6.07) is -0.780. The molecule has 0 aromatic carbocycles. The van der Waals surface area contributed by atoms with Crippen LogP contribution in [0.25, 0.3) is 10.4 Å². The van der Waals surface area contributed by atoms with Gasteiger partial charge in [0.05, 0.1) is 12.7 Å². The zero-order chi connectivity index (χ0) is 13.3. The van der Waals surface area contributed by atoms with Crippen molar-refractivity contribution in [2.24, 2.45) is 5.11 Å². The van der Waals surface area contributed by atoms with Gasteiger partial charge in [-0.3, -0.25) is 0 Å². The van der Waals surface area contributed by atoms with E-state index >= 15 is 0 Å². The van der Waals surface area contributed by atoms with Crippen LogP contribution in [0, 0.1) is 0 Å². The van der Waals surface area contributed by atoms with Gasteiger partial charge >= 0.3 is 0 Å². The molecule has 0 aromatic rings. The second-order valence-electron chi connectivity index (χ2n) is 4.75. The molecule has 0 amide bonds. The zero-order valence-corrected chi connectivity index (χ0v) is 10.5. The van der Waals surface area contributed by atoms with Gasteiger partial charge in [-0.25, -0.2) is 0 Å². The van der Waals surface area contributed by atoms with Gasteiger partial charge < -0.3 is 24.1 Å². The Balaban J connectivity index is 2.12. The van der Waals surface area contributed by atoms with E-state index in [1.54, 1.807) is 13.8 Å². The molecule has 0 radical (unpaired) electrons. The van der Waals surface area contributed by atoms with E-state index in [4.69, 9.17) is 24.5 Å². The van der Waals surface area contributed by atoms with Crippen molar-refractivity contribution in [3.05, 3.63) is 10.4 Å². The lowest BCUT2D eigenvalue weighted by molar-refractivity contribution is -0.176. The predicted molar refractivity (Wildman–Crippen MR) is 59.5 cm³/mol. The molecule has 0 aliphatic carbocycles. The van der Waals surface area contributed by atoms with Crippen LogP contribution in [0.5, 0.6) is 0 Å². The number of methoxy groups -OCH3 is 1. The maximum absolute atomic E-state index is 9.72. The minimum Gasteiger partial charge on any atom is -0.378 e. The first-order valence-corrected chi connectivity index (χ1v) is 5.71. The molecule has 0 saturated carbocycles. The number of aliphatic hydroxyl groups is 1. The van der Waals surface area contributed by atoms with Gasteiger partial charge in [-0.2, -0.15) is 0 Å². The van der Waals surface area contributed by atoms with Gasteiger partial charge in [0, 0.05) is 12.0 Å². The van der Waals surface area contributed by atoms with E-state index in [0.29, 0.717) is 6.61 Å². The van der Waals surface area contributed by atoms with E-state index in [9.17, 15) is 5.11 Å². The molecule has 102 valence electrons. The highest BCUT2D eigenvalue weighted by atomic mass is 16.8. The third-order valence-electron chi connectivity index (χ3n) is 3.10. The summed E-state index contributed by atoms with van der Waals surface area (Å²) >= 11 is 0. The van der Waals surface area contributed by atoms with E-state index in [1.165, 1.54) is 7.11 Å². The molecular formula is C10H17N3O5. The van der Waals surface area contributed by atoms with Crippen LogP contribution < -0.4 is 0 Å². The highest BCUT2D eigenvalue weighted by Crippen LogP contribution is 2.33. The molecule has 1 N–H and O–H groups in total. The monoisotopic (exact) mass is 259 g/mol. The lowest BCUT2D eigenvalue weighted by Crippen LogP contribution is -2.41. The summed E-state index contributed by atoms with van der Waals surface area (Å²) in [6.07, 6.45) is -2.64. The zero-order valence-electron chi connectivity index (χ0n) is 10.5. The summed E-state index contributed by atoms with van der Waals surface area (Å²) < 4.78 is 21.7. The predicted octanol–water partition coefficient (Wildman–Crippen LogP) is 0.549.